The van der Waals surface area contributed by atoms with Crippen molar-refractivity contribution in [1.82, 2.24) is 9.97 Å². The fraction of sp³-hybridized carbons (Fsp3) is 0.300. The van der Waals surface area contributed by atoms with Gasteiger partial charge < -0.3 is 4.74 Å². The highest BCUT2D eigenvalue weighted by atomic mass is 32.2. The molecule has 0 N–H and O–H groups in total. The van der Waals surface area contributed by atoms with Crippen LogP contribution >= 0.6 is 23.1 Å². The SMILES string of the molecule is CCOC(=O)CSc1nc2cnccc2s1. The summed E-state index contributed by atoms with van der Waals surface area (Å²) in [7, 11) is 0. The molecule has 2 aromatic heterocycles. The summed E-state index contributed by atoms with van der Waals surface area (Å²) in [6.45, 7) is 2.22. The van der Waals surface area contributed by atoms with Crippen LogP contribution < -0.4 is 0 Å². The molecular weight excluding hydrogens is 244 g/mol. The maximum Gasteiger partial charge on any atom is 0.316 e. The zero-order valence-electron chi connectivity index (χ0n) is 8.67. The predicted octanol–water partition coefficient (Wildman–Crippen LogP) is 2.35. The Bertz CT molecular complexity index is 465. The van der Waals surface area contributed by atoms with E-state index in [1.54, 1.807) is 30.7 Å². The van der Waals surface area contributed by atoms with Gasteiger partial charge in [0.25, 0.3) is 0 Å². The number of esters is 1. The maximum atomic E-state index is 11.2. The zero-order valence-corrected chi connectivity index (χ0v) is 10.3. The number of carbonyl (C=O) groups excluding carboxylic acids is 1. The topological polar surface area (TPSA) is 52.1 Å². The van der Waals surface area contributed by atoms with Gasteiger partial charge in [0.15, 0.2) is 4.34 Å². The van der Waals surface area contributed by atoms with Gasteiger partial charge in [-0.05, 0) is 13.0 Å². The first-order chi connectivity index (χ1) is 7.79. The first-order valence-corrected chi connectivity index (χ1v) is 6.59. The van der Waals surface area contributed by atoms with Crippen LogP contribution in [0.4, 0.5) is 0 Å². The van der Waals surface area contributed by atoms with E-state index in [0.717, 1.165) is 14.6 Å². The second-order valence-electron chi connectivity index (χ2n) is 2.92. The number of rotatable bonds is 4. The van der Waals surface area contributed by atoms with E-state index in [0.29, 0.717) is 12.4 Å². The van der Waals surface area contributed by atoms with E-state index in [9.17, 15) is 4.79 Å². The molecule has 0 spiro atoms. The van der Waals surface area contributed by atoms with E-state index >= 15 is 0 Å². The number of hydrogen-bond donors (Lipinski definition) is 0. The van der Waals surface area contributed by atoms with Gasteiger partial charge in [0, 0.05) is 6.20 Å². The van der Waals surface area contributed by atoms with Crippen molar-refractivity contribution in [3.05, 3.63) is 18.5 Å². The molecule has 0 radical (unpaired) electrons. The van der Waals surface area contributed by atoms with Gasteiger partial charge in [0.05, 0.1) is 23.3 Å². The first kappa shape index (κ1) is 11.3. The standard InChI is InChI=1S/C10H10N2O2S2/c1-2-14-9(13)6-15-10-12-7-5-11-4-3-8(7)16-10/h3-5H,2,6H2,1H3. The van der Waals surface area contributed by atoms with E-state index in [-0.39, 0.29) is 5.97 Å². The van der Waals surface area contributed by atoms with Crippen molar-refractivity contribution in [2.75, 3.05) is 12.4 Å². The Kier molecular flexibility index (Phi) is 3.74. The molecule has 6 heteroatoms. The van der Waals surface area contributed by atoms with Crippen LogP contribution in [-0.2, 0) is 9.53 Å². The van der Waals surface area contributed by atoms with Crippen LogP contribution in [0.1, 0.15) is 6.92 Å². The van der Waals surface area contributed by atoms with Crippen LogP contribution in [0.2, 0.25) is 0 Å². The Balaban J connectivity index is 2.02. The van der Waals surface area contributed by atoms with Crippen molar-refractivity contribution < 1.29 is 9.53 Å². The molecule has 0 fully saturated rings. The average Bonchev–Trinajstić information content (AvgIpc) is 2.69. The Hall–Kier alpha value is -1.14. The average molecular weight is 254 g/mol. The number of carbonyl (C=O) groups is 1. The van der Waals surface area contributed by atoms with Gasteiger partial charge in [-0.2, -0.15) is 0 Å². The number of thioether (sulfide) groups is 1. The number of ether oxygens (including phenoxy) is 1. The van der Waals surface area contributed by atoms with Crippen LogP contribution in [-0.4, -0.2) is 28.3 Å². The van der Waals surface area contributed by atoms with Gasteiger partial charge in [-0.1, -0.05) is 11.8 Å². The normalized spacial score (nSPS) is 10.6. The minimum atomic E-state index is -0.204. The summed E-state index contributed by atoms with van der Waals surface area (Å²) in [5.41, 5.74) is 0.874. The quantitative estimate of drug-likeness (QED) is 0.619. The summed E-state index contributed by atoms with van der Waals surface area (Å²) in [5, 5.41) is 0. The molecule has 0 saturated heterocycles. The number of aromatic nitrogens is 2. The second-order valence-corrected chi connectivity index (χ2v) is 5.17. The van der Waals surface area contributed by atoms with Gasteiger partial charge in [-0.15, -0.1) is 11.3 Å². The minimum Gasteiger partial charge on any atom is -0.465 e. The molecule has 2 heterocycles. The number of hydrogen-bond acceptors (Lipinski definition) is 6. The molecule has 16 heavy (non-hydrogen) atoms. The van der Waals surface area contributed by atoms with Gasteiger partial charge >= 0.3 is 5.97 Å². The van der Waals surface area contributed by atoms with Crippen molar-refractivity contribution in [3.8, 4) is 0 Å². The van der Waals surface area contributed by atoms with Crippen molar-refractivity contribution >= 4 is 39.3 Å². The Morgan fingerprint density at radius 1 is 1.62 bits per heavy atom. The third-order valence-electron chi connectivity index (χ3n) is 1.79. The summed E-state index contributed by atoms with van der Waals surface area (Å²) in [6.07, 6.45) is 3.46. The van der Waals surface area contributed by atoms with Crippen molar-refractivity contribution in [3.63, 3.8) is 0 Å². The number of nitrogens with zero attached hydrogens (tertiary/aromatic N) is 2. The summed E-state index contributed by atoms with van der Waals surface area (Å²) in [5.74, 6) is 0.103. The first-order valence-electron chi connectivity index (χ1n) is 4.78. The molecule has 0 saturated carbocycles. The monoisotopic (exact) mass is 254 g/mol. The number of fused-ring (bicyclic) bond motifs is 1. The third kappa shape index (κ3) is 2.70. The van der Waals surface area contributed by atoms with Crippen molar-refractivity contribution in [2.45, 2.75) is 11.3 Å². The molecule has 0 aliphatic rings. The third-order valence-corrected chi connectivity index (χ3v) is 3.94. The number of thiazole rings is 1. The fourth-order valence-corrected chi connectivity index (χ4v) is 2.98. The van der Waals surface area contributed by atoms with Gasteiger partial charge in [-0.3, -0.25) is 9.78 Å². The number of pyridine rings is 1. The summed E-state index contributed by atoms with van der Waals surface area (Å²) in [6, 6.07) is 1.92. The van der Waals surface area contributed by atoms with Crippen LogP contribution in [0.15, 0.2) is 22.8 Å². The maximum absolute atomic E-state index is 11.2. The van der Waals surface area contributed by atoms with E-state index in [1.165, 1.54) is 11.8 Å². The second kappa shape index (κ2) is 5.27. The minimum absolute atomic E-state index is 0.204. The smallest absolute Gasteiger partial charge is 0.316 e. The van der Waals surface area contributed by atoms with E-state index in [2.05, 4.69) is 9.97 Å². The lowest BCUT2D eigenvalue weighted by atomic mass is 10.5. The highest BCUT2D eigenvalue weighted by molar-refractivity contribution is 8.01. The van der Waals surface area contributed by atoms with E-state index < -0.39 is 0 Å². The molecule has 2 aromatic rings. The molecule has 84 valence electrons. The Morgan fingerprint density at radius 2 is 2.50 bits per heavy atom. The Labute approximate surface area is 101 Å². The molecular formula is C10H10N2O2S2. The molecule has 0 amide bonds. The predicted molar refractivity (Wildman–Crippen MR) is 64.8 cm³/mol. The lowest BCUT2D eigenvalue weighted by Gasteiger charge is -1.98. The lowest BCUT2D eigenvalue weighted by Crippen LogP contribution is -2.06. The van der Waals surface area contributed by atoms with Gasteiger partial charge in [-0.25, -0.2) is 4.98 Å². The molecule has 0 unspecified atom stereocenters. The molecule has 0 aromatic carbocycles. The molecule has 0 atom stereocenters. The summed E-state index contributed by atoms with van der Waals surface area (Å²) < 4.78 is 6.80. The van der Waals surface area contributed by atoms with E-state index in [4.69, 9.17) is 4.74 Å². The molecule has 0 aliphatic carbocycles. The lowest BCUT2D eigenvalue weighted by molar-refractivity contribution is -0.139. The molecule has 4 nitrogen and oxygen atoms in total. The van der Waals surface area contributed by atoms with Gasteiger partial charge in [0.1, 0.15) is 5.52 Å². The molecule has 0 bridgehead atoms. The zero-order chi connectivity index (χ0) is 11.4. The fourth-order valence-electron chi connectivity index (χ4n) is 1.14. The van der Waals surface area contributed by atoms with Crippen molar-refractivity contribution in [2.24, 2.45) is 0 Å². The van der Waals surface area contributed by atoms with Crippen LogP contribution in [0, 0.1) is 0 Å². The van der Waals surface area contributed by atoms with Crippen LogP contribution in [0.3, 0.4) is 0 Å². The highest BCUT2D eigenvalue weighted by Crippen LogP contribution is 2.28. The van der Waals surface area contributed by atoms with Gasteiger partial charge in [0.2, 0.25) is 0 Å². The van der Waals surface area contributed by atoms with E-state index in [1.807, 2.05) is 6.07 Å². The largest absolute Gasteiger partial charge is 0.465 e. The molecule has 2 rings (SSSR count). The van der Waals surface area contributed by atoms with Crippen molar-refractivity contribution in [1.29, 1.82) is 0 Å². The molecule has 0 aliphatic heterocycles. The summed E-state index contributed by atoms with van der Waals surface area (Å²) in [4.78, 5) is 19.5. The highest BCUT2D eigenvalue weighted by Gasteiger charge is 2.07. The summed E-state index contributed by atoms with van der Waals surface area (Å²) >= 11 is 2.96. The Morgan fingerprint density at radius 3 is 3.25 bits per heavy atom. The van der Waals surface area contributed by atoms with Crippen LogP contribution in [0.25, 0.3) is 10.2 Å². The van der Waals surface area contributed by atoms with Crippen LogP contribution in [0.5, 0.6) is 0 Å².